The van der Waals surface area contributed by atoms with Crippen LogP contribution in [0.25, 0.3) is 0 Å². The number of hydrogen-bond acceptors (Lipinski definition) is 4. The number of benzene rings is 2. The van der Waals surface area contributed by atoms with Gasteiger partial charge in [0.2, 0.25) is 5.91 Å². The van der Waals surface area contributed by atoms with Crippen molar-refractivity contribution in [1.82, 2.24) is 10.2 Å². The first-order chi connectivity index (χ1) is 12.2. The molecule has 0 aliphatic carbocycles. The Morgan fingerprint density at radius 3 is 2.96 bits per heavy atom. The van der Waals surface area contributed by atoms with E-state index in [2.05, 4.69) is 21.6 Å². The number of nitrogens with zero attached hydrogens (tertiary/aromatic N) is 1. The minimum atomic E-state index is -0.0396. The van der Waals surface area contributed by atoms with Crippen molar-refractivity contribution in [3.8, 4) is 5.75 Å². The molecule has 2 N–H and O–H groups in total. The Bertz CT molecular complexity index is 738. The van der Waals surface area contributed by atoms with Gasteiger partial charge in [-0.25, -0.2) is 0 Å². The van der Waals surface area contributed by atoms with Crippen molar-refractivity contribution >= 4 is 23.2 Å². The summed E-state index contributed by atoms with van der Waals surface area (Å²) >= 11 is 6.12. The fraction of sp³-hybridized carbons (Fsp3) is 0.316. The van der Waals surface area contributed by atoms with Gasteiger partial charge < -0.3 is 15.4 Å². The van der Waals surface area contributed by atoms with Crippen LogP contribution in [0.4, 0.5) is 5.69 Å². The highest BCUT2D eigenvalue weighted by atomic mass is 35.5. The summed E-state index contributed by atoms with van der Waals surface area (Å²) in [4.78, 5) is 14.7. The van der Waals surface area contributed by atoms with Crippen LogP contribution in [0.2, 0.25) is 5.02 Å². The summed E-state index contributed by atoms with van der Waals surface area (Å²) in [7, 11) is 1.61. The van der Waals surface area contributed by atoms with E-state index in [1.54, 1.807) is 7.11 Å². The number of hydrogen-bond donors (Lipinski definition) is 2. The van der Waals surface area contributed by atoms with Gasteiger partial charge in [-0.3, -0.25) is 9.69 Å². The number of nitrogens with one attached hydrogen (secondary N) is 2. The molecule has 1 fully saturated rings. The summed E-state index contributed by atoms with van der Waals surface area (Å²) in [5, 5.41) is 7.04. The number of piperazine rings is 1. The maximum Gasteiger partial charge on any atom is 0.238 e. The molecular weight excluding hydrogens is 338 g/mol. The number of carbonyl (C=O) groups excluding carboxylic acids is 1. The Hall–Kier alpha value is -2.08. The summed E-state index contributed by atoms with van der Waals surface area (Å²) in [5.41, 5.74) is 1.85. The highest BCUT2D eigenvalue weighted by molar-refractivity contribution is 6.30. The lowest BCUT2D eigenvalue weighted by Crippen LogP contribution is -2.48. The first kappa shape index (κ1) is 17.7. The first-order valence-corrected chi connectivity index (χ1v) is 8.67. The normalized spacial score (nSPS) is 17.9. The highest BCUT2D eigenvalue weighted by Crippen LogP contribution is 2.24. The maximum atomic E-state index is 12.5. The van der Waals surface area contributed by atoms with Crippen LogP contribution in [-0.2, 0) is 4.79 Å². The van der Waals surface area contributed by atoms with E-state index in [1.807, 2.05) is 42.5 Å². The molecule has 25 heavy (non-hydrogen) atoms. The van der Waals surface area contributed by atoms with Crippen molar-refractivity contribution in [2.45, 2.75) is 6.04 Å². The molecule has 1 aliphatic heterocycles. The third kappa shape index (κ3) is 4.72. The summed E-state index contributed by atoms with van der Waals surface area (Å²) in [5.74, 6) is 0.680. The SMILES string of the molecule is COc1cccc(NC(=O)CN2CCNCC2c2cccc(Cl)c2)c1. The van der Waals surface area contributed by atoms with E-state index in [-0.39, 0.29) is 11.9 Å². The second-order valence-electron chi connectivity index (χ2n) is 6.03. The molecule has 132 valence electrons. The molecule has 0 bridgehead atoms. The van der Waals surface area contributed by atoms with Gasteiger partial charge in [0, 0.05) is 42.5 Å². The molecular formula is C19H22ClN3O2. The van der Waals surface area contributed by atoms with Crippen LogP contribution in [0.5, 0.6) is 5.75 Å². The molecule has 3 rings (SSSR count). The third-order valence-corrected chi connectivity index (χ3v) is 4.52. The Kier molecular flexibility index (Phi) is 5.91. The van der Waals surface area contributed by atoms with E-state index >= 15 is 0 Å². The van der Waals surface area contributed by atoms with Gasteiger partial charge in [0.1, 0.15) is 5.75 Å². The molecule has 1 aliphatic rings. The summed E-state index contributed by atoms with van der Waals surface area (Å²) in [6.07, 6.45) is 0. The second kappa shape index (κ2) is 8.34. The molecule has 2 aromatic carbocycles. The molecule has 1 atom stereocenters. The Morgan fingerprint density at radius 2 is 2.16 bits per heavy atom. The van der Waals surface area contributed by atoms with Crippen molar-refractivity contribution in [3.63, 3.8) is 0 Å². The molecule has 1 heterocycles. The van der Waals surface area contributed by atoms with Crippen LogP contribution in [0.1, 0.15) is 11.6 Å². The van der Waals surface area contributed by atoms with Crippen LogP contribution in [-0.4, -0.2) is 44.1 Å². The Balaban J connectivity index is 1.67. The zero-order chi connectivity index (χ0) is 17.6. The molecule has 0 radical (unpaired) electrons. The fourth-order valence-electron chi connectivity index (χ4n) is 3.06. The number of methoxy groups -OCH3 is 1. The zero-order valence-electron chi connectivity index (χ0n) is 14.2. The lowest BCUT2D eigenvalue weighted by molar-refractivity contribution is -0.118. The number of rotatable bonds is 5. The van der Waals surface area contributed by atoms with E-state index < -0.39 is 0 Å². The molecule has 6 heteroatoms. The van der Waals surface area contributed by atoms with Gasteiger partial charge >= 0.3 is 0 Å². The smallest absolute Gasteiger partial charge is 0.238 e. The van der Waals surface area contributed by atoms with E-state index in [1.165, 1.54) is 0 Å². The molecule has 5 nitrogen and oxygen atoms in total. The number of ether oxygens (including phenoxy) is 1. The molecule has 1 unspecified atom stereocenters. The zero-order valence-corrected chi connectivity index (χ0v) is 14.9. The van der Waals surface area contributed by atoms with Gasteiger partial charge in [-0.2, -0.15) is 0 Å². The van der Waals surface area contributed by atoms with Crippen LogP contribution < -0.4 is 15.4 Å². The van der Waals surface area contributed by atoms with Crippen molar-refractivity contribution in [1.29, 1.82) is 0 Å². The van der Waals surface area contributed by atoms with Crippen LogP contribution in [0, 0.1) is 0 Å². The van der Waals surface area contributed by atoms with E-state index in [0.717, 1.165) is 36.6 Å². The van der Waals surface area contributed by atoms with Gasteiger partial charge in [0.05, 0.1) is 13.7 Å². The van der Waals surface area contributed by atoms with Crippen LogP contribution in [0.15, 0.2) is 48.5 Å². The van der Waals surface area contributed by atoms with Gasteiger partial charge in [-0.1, -0.05) is 29.8 Å². The van der Waals surface area contributed by atoms with Crippen molar-refractivity contribution in [2.75, 3.05) is 38.6 Å². The van der Waals surface area contributed by atoms with E-state index in [0.29, 0.717) is 11.6 Å². The third-order valence-electron chi connectivity index (χ3n) is 4.29. The van der Waals surface area contributed by atoms with Crippen molar-refractivity contribution in [2.24, 2.45) is 0 Å². The van der Waals surface area contributed by atoms with Gasteiger partial charge in [0.25, 0.3) is 0 Å². The minimum Gasteiger partial charge on any atom is -0.497 e. The molecule has 1 amide bonds. The summed E-state index contributed by atoms with van der Waals surface area (Å²) in [6.45, 7) is 2.80. The van der Waals surface area contributed by atoms with Crippen molar-refractivity contribution in [3.05, 3.63) is 59.1 Å². The fourth-order valence-corrected chi connectivity index (χ4v) is 3.26. The van der Waals surface area contributed by atoms with Gasteiger partial charge in [0.15, 0.2) is 0 Å². The topological polar surface area (TPSA) is 53.6 Å². The van der Waals surface area contributed by atoms with E-state index in [4.69, 9.17) is 16.3 Å². The number of halogens is 1. The Morgan fingerprint density at radius 1 is 1.32 bits per heavy atom. The predicted octanol–water partition coefficient (Wildman–Crippen LogP) is 2.93. The van der Waals surface area contributed by atoms with E-state index in [9.17, 15) is 4.79 Å². The van der Waals surface area contributed by atoms with Crippen LogP contribution >= 0.6 is 11.6 Å². The predicted molar refractivity (Wildman–Crippen MR) is 100 cm³/mol. The average Bonchev–Trinajstić information content (AvgIpc) is 2.62. The molecule has 2 aromatic rings. The van der Waals surface area contributed by atoms with Gasteiger partial charge in [-0.05, 0) is 29.8 Å². The number of carbonyl (C=O) groups is 1. The molecule has 0 aromatic heterocycles. The van der Waals surface area contributed by atoms with Crippen molar-refractivity contribution < 1.29 is 9.53 Å². The maximum absolute atomic E-state index is 12.5. The lowest BCUT2D eigenvalue weighted by atomic mass is 10.0. The molecule has 1 saturated heterocycles. The minimum absolute atomic E-state index is 0.0396. The highest BCUT2D eigenvalue weighted by Gasteiger charge is 2.25. The lowest BCUT2D eigenvalue weighted by Gasteiger charge is -2.36. The quantitative estimate of drug-likeness (QED) is 0.861. The molecule has 0 saturated carbocycles. The largest absolute Gasteiger partial charge is 0.497 e. The average molecular weight is 360 g/mol. The molecule has 0 spiro atoms. The number of anilines is 1. The summed E-state index contributed by atoms with van der Waals surface area (Å²) in [6, 6.07) is 15.3. The van der Waals surface area contributed by atoms with Crippen LogP contribution in [0.3, 0.4) is 0 Å². The van der Waals surface area contributed by atoms with Gasteiger partial charge in [-0.15, -0.1) is 0 Å². The monoisotopic (exact) mass is 359 g/mol. The first-order valence-electron chi connectivity index (χ1n) is 8.30. The summed E-state index contributed by atoms with van der Waals surface area (Å²) < 4.78 is 5.19. The Labute approximate surface area is 152 Å². The standard InChI is InChI=1S/C19H22ClN3O2/c1-25-17-7-3-6-16(11-17)22-19(24)13-23-9-8-21-12-18(23)14-4-2-5-15(20)10-14/h2-7,10-11,18,21H,8-9,12-13H2,1H3,(H,22,24). The number of amides is 1. The second-order valence-corrected chi connectivity index (χ2v) is 6.46.